The van der Waals surface area contributed by atoms with Crippen molar-refractivity contribution < 1.29 is 9.13 Å². The SMILES string of the molecule is Fc1ccccc1-c1cc(Cl)cc2c1OCC2. The van der Waals surface area contributed by atoms with Gasteiger partial charge >= 0.3 is 0 Å². The Morgan fingerprint density at radius 3 is 2.76 bits per heavy atom. The summed E-state index contributed by atoms with van der Waals surface area (Å²) in [6.45, 7) is 0.636. The molecule has 0 saturated carbocycles. The number of halogens is 2. The number of hydrogen-bond acceptors (Lipinski definition) is 1. The van der Waals surface area contributed by atoms with Crippen molar-refractivity contribution in [1.29, 1.82) is 0 Å². The van der Waals surface area contributed by atoms with E-state index in [9.17, 15) is 4.39 Å². The van der Waals surface area contributed by atoms with Crippen LogP contribution in [0, 0.1) is 5.82 Å². The zero-order valence-corrected chi connectivity index (χ0v) is 9.80. The molecule has 0 bridgehead atoms. The van der Waals surface area contributed by atoms with E-state index in [0.717, 1.165) is 23.3 Å². The van der Waals surface area contributed by atoms with Crippen LogP contribution in [-0.4, -0.2) is 6.61 Å². The molecule has 3 heteroatoms. The topological polar surface area (TPSA) is 9.23 Å². The van der Waals surface area contributed by atoms with Gasteiger partial charge < -0.3 is 4.74 Å². The summed E-state index contributed by atoms with van der Waals surface area (Å²) in [7, 11) is 0. The summed E-state index contributed by atoms with van der Waals surface area (Å²) in [4.78, 5) is 0. The van der Waals surface area contributed by atoms with Crippen molar-refractivity contribution in [3.63, 3.8) is 0 Å². The maximum absolute atomic E-state index is 13.8. The zero-order chi connectivity index (χ0) is 11.8. The normalized spacial score (nSPS) is 13.3. The molecule has 86 valence electrons. The molecular weight excluding hydrogens is 239 g/mol. The Kier molecular flexibility index (Phi) is 2.52. The molecule has 0 saturated heterocycles. The van der Waals surface area contributed by atoms with E-state index in [1.165, 1.54) is 6.07 Å². The van der Waals surface area contributed by atoms with Crippen LogP contribution in [0.25, 0.3) is 11.1 Å². The van der Waals surface area contributed by atoms with Crippen molar-refractivity contribution in [3.05, 3.63) is 52.8 Å². The molecule has 0 aliphatic carbocycles. The molecule has 1 heterocycles. The van der Waals surface area contributed by atoms with Crippen molar-refractivity contribution in [1.82, 2.24) is 0 Å². The Hall–Kier alpha value is -1.54. The summed E-state index contributed by atoms with van der Waals surface area (Å²) in [5.41, 5.74) is 2.33. The molecule has 1 nitrogen and oxygen atoms in total. The first-order valence-electron chi connectivity index (χ1n) is 5.46. The lowest BCUT2D eigenvalue weighted by Crippen LogP contribution is -1.90. The molecule has 0 fully saturated rings. The molecule has 2 aromatic rings. The molecule has 0 aromatic heterocycles. The van der Waals surface area contributed by atoms with E-state index >= 15 is 0 Å². The van der Waals surface area contributed by atoms with E-state index in [1.54, 1.807) is 24.3 Å². The molecular formula is C14H10ClFO. The van der Waals surface area contributed by atoms with E-state index in [0.29, 0.717) is 17.2 Å². The van der Waals surface area contributed by atoms with E-state index in [-0.39, 0.29) is 5.82 Å². The molecule has 17 heavy (non-hydrogen) atoms. The van der Waals surface area contributed by atoms with Crippen molar-refractivity contribution in [2.75, 3.05) is 6.61 Å². The average molecular weight is 249 g/mol. The predicted molar refractivity (Wildman–Crippen MR) is 66.0 cm³/mol. The molecule has 0 unspecified atom stereocenters. The summed E-state index contributed by atoms with van der Waals surface area (Å²) >= 11 is 6.05. The molecule has 0 N–H and O–H groups in total. The summed E-state index contributed by atoms with van der Waals surface area (Å²) < 4.78 is 19.3. The van der Waals surface area contributed by atoms with Gasteiger partial charge in [0.1, 0.15) is 11.6 Å². The van der Waals surface area contributed by atoms with Crippen LogP contribution in [0.5, 0.6) is 5.75 Å². The highest BCUT2D eigenvalue weighted by Gasteiger charge is 2.20. The highest BCUT2D eigenvalue weighted by atomic mass is 35.5. The minimum absolute atomic E-state index is 0.257. The molecule has 2 aromatic carbocycles. The molecule has 1 aliphatic rings. The van der Waals surface area contributed by atoms with Crippen LogP contribution in [0.1, 0.15) is 5.56 Å². The Bertz CT molecular complexity index is 580. The van der Waals surface area contributed by atoms with Gasteiger partial charge in [-0.2, -0.15) is 0 Å². The maximum Gasteiger partial charge on any atom is 0.131 e. The standard InChI is InChI=1S/C14H10ClFO/c15-10-7-9-5-6-17-14(9)12(8-10)11-3-1-2-4-13(11)16/h1-4,7-8H,5-6H2. The molecule has 0 amide bonds. The van der Waals surface area contributed by atoms with Crippen LogP contribution in [-0.2, 0) is 6.42 Å². The van der Waals surface area contributed by atoms with Gasteiger partial charge in [-0.1, -0.05) is 29.8 Å². The summed E-state index contributed by atoms with van der Waals surface area (Å²) in [5, 5.41) is 0.618. The van der Waals surface area contributed by atoms with Gasteiger partial charge in [-0.25, -0.2) is 4.39 Å². The lowest BCUT2D eigenvalue weighted by Gasteiger charge is -2.09. The third kappa shape index (κ3) is 1.79. The maximum atomic E-state index is 13.8. The second kappa shape index (κ2) is 4.04. The molecule has 0 spiro atoms. The second-order valence-electron chi connectivity index (χ2n) is 4.02. The van der Waals surface area contributed by atoms with Crippen molar-refractivity contribution in [2.45, 2.75) is 6.42 Å². The summed E-state index contributed by atoms with van der Waals surface area (Å²) in [6.07, 6.45) is 0.831. The number of fused-ring (bicyclic) bond motifs is 1. The summed E-state index contributed by atoms with van der Waals surface area (Å²) in [5.74, 6) is 0.506. The van der Waals surface area contributed by atoms with E-state index in [1.807, 2.05) is 6.07 Å². The van der Waals surface area contributed by atoms with Gasteiger partial charge in [0.2, 0.25) is 0 Å². The highest BCUT2D eigenvalue weighted by molar-refractivity contribution is 6.31. The molecule has 3 rings (SSSR count). The van der Waals surface area contributed by atoms with E-state index in [4.69, 9.17) is 16.3 Å². The zero-order valence-electron chi connectivity index (χ0n) is 9.04. The van der Waals surface area contributed by atoms with E-state index < -0.39 is 0 Å². The smallest absolute Gasteiger partial charge is 0.131 e. The van der Waals surface area contributed by atoms with Crippen LogP contribution in [0.3, 0.4) is 0 Å². The second-order valence-corrected chi connectivity index (χ2v) is 4.46. The fourth-order valence-electron chi connectivity index (χ4n) is 2.15. The fourth-order valence-corrected chi connectivity index (χ4v) is 2.39. The van der Waals surface area contributed by atoms with Gasteiger partial charge in [0, 0.05) is 22.6 Å². The van der Waals surface area contributed by atoms with E-state index in [2.05, 4.69) is 0 Å². The number of rotatable bonds is 1. The number of benzene rings is 2. The average Bonchev–Trinajstić information content (AvgIpc) is 2.76. The Morgan fingerprint density at radius 1 is 1.12 bits per heavy atom. The van der Waals surface area contributed by atoms with Crippen LogP contribution in [0.2, 0.25) is 5.02 Å². The van der Waals surface area contributed by atoms with Gasteiger partial charge in [0.15, 0.2) is 0 Å². The van der Waals surface area contributed by atoms with Crippen molar-refractivity contribution in [2.24, 2.45) is 0 Å². The van der Waals surface area contributed by atoms with Gasteiger partial charge in [-0.3, -0.25) is 0 Å². The van der Waals surface area contributed by atoms with Gasteiger partial charge in [0.05, 0.1) is 6.61 Å². The minimum atomic E-state index is -0.257. The first kappa shape index (κ1) is 10.6. The van der Waals surface area contributed by atoms with Gasteiger partial charge in [-0.05, 0) is 23.8 Å². The van der Waals surface area contributed by atoms with Crippen molar-refractivity contribution in [3.8, 4) is 16.9 Å². The predicted octanol–water partition coefficient (Wildman–Crippen LogP) is 4.08. The van der Waals surface area contributed by atoms with Gasteiger partial charge in [-0.15, -0.1) is 0 Å². The van der Waals surface area contributed by atoms with Crippen LogP contribution >= 0.6 is 11.6 Å². The fraction of sp³-hybridized carbons (Fsp3) is 0.143. The molecule has 0 radical (unpaired) electrons. The van der Waals surface area contributed by atoms with Crippen LogP contribution in [0.4, 0.5) is 4.39 Å². The Labute approximate surface area is 104 Å². The van der Waals surface area contributed by atoms with Crippen LogP contribution < -0.4 is 4.74 Å². The van der Waals surface area contributed by atoms with Crippen molar-refractivity contribution >= 4 is 11.6 Å². The Morgan fingerprint density at radius 2 is 1.94 bits per heavy atom. The monoisotopic (exact) mass is 248 g/mol. The minimum Gasteiger partial charge on any atom is -0.492 e. The first-order chi connectivity index (χ1) is 8.25. The third-order valence-electron chi connectivity index (χ3n) is 2.91. The van der Waals surface area contributed by atoms with Gasteiger partial charge in [0.25, 0.3) is 0 Å². The third-order valence-corrected chi connectivity index (χ3v) is 3.13. The largest absolute Gasteiger partial charge is 0.492 e. The molecule has 0 atom stereocenters. The number of ether oxygens (including phenoxy) is 1. The first-order valence-corrected chi connectivity index (χ1v) is 5.83. The lowest BCUT2D eigenvalue weighted by atomic mass is 10.0. The number of hydrogen-bond donors (Lipinski definition) is 0. The Balaban J connectivity index is 2.25. The lowest BCUT2D eigenvalue weighted by molar-refractivity contribution is 0.358. The highest BCUT2D eigenvalue weighted by Crippen LogP contribution is 2.40. The van der Waals surface area contributed by atoms with Crippen LogP contribution in [0.15, 0.2) is 36.4 Å². The molecule has 1 aliphatic heterocycles. The summed E-state index contributed by atoms with van der Waals surface area (Å²) in [6, 6.07) is 10.3. The quantitative estimate of drug-likeness (QED) is 0.739.